The van der Waals surface area contributed by atoms with Gasteiger partial charge in [-0.3, -0.25) is 10.2 Å². The van der Waals surface area contributed by atoms with E-state index in [1.165, 1.54) is 19.3 Å². The number of amides is 1. The van der Waals surface area contributed by atoms with Crippen molar-refractivity contribution in [1.29, 1.82) is 0 Å². The van der Waals surface area contributed by atoms with Crippen molar-refractivity contribution in [2.24, 2.45) is 0 Å². The van der Waals surface area contributed by atoms with E-state index in [0.717, 1.165) is 11.1 Å². The van der Waals surface area contributed by atoms with Crippen LogP contribution in [0.4, 0.5) is 5.82 Å². The van der Waals surface area contributed by atoms with Crippen molar-refractivity contribution in [2.45, 2.75) is 19.0 Å². The number of nitrogen functional groups attached to an aromatic ring is 1. The number of nitrogens with two attached hydrogens (primary N) is 1. The summed E-state index contributed by atoms with van der Waals surface area (Å²) in [7, 11) is 1.32. The number of nitrogens with zero attached hydrogens (tertiary/aromatic N) is 5. The van der Waals surface area contributed by atoms with E-state index in [9.17, 15) is 9.59 Å². The van der Waals surface area contributed by atoms with Gasteiger partial charge in [-0.05, 0) is 35.2 Å². The lowest BCUT2D eigenvalue weighted by Gasteiger charge is -2.30. The molecule has 3 heterocycles. The van der Waals surface area contributed by atoms with Crippen molar-refractivity contribution >= 4 is 40.3 Å². The average Bonchev–Trinajstić information content (AvgIpc) is 3.15. The SMILES string of the molecule is COC(=O)C1C=CC(=O)NN1CCc1cccc(Cn2ncc3c(N)nc(Cl)nc32)c1. The number of ether oxygens (including phenoxy) is 1. The fourth-order valence-electron chi connectivity index (χ4n) is 3.42. The van der Waals surface area contributed by atoms with Crippen LogP contribution in [0.1, 0.15) is 11.1 Å². The van der Waals surface area contributed by atoms with Crippen LogP contribution in [0.5, 0.6) is 0 Å². The fraction of sp³-hybridized carbons (Fsp3) is 0.250. The molecule has 0 saturated carbocycles. The lowest BCUT2D eigenvalue weighted by atomic mass is 10.1. The lowest BCUT2D eigenvalue weighted by molar-refractivity contribution is -0.147. The molecule has 1 aromatic carbocycles. The van der Waals surface area contributed by atoms with Crippen LogP contribution in [0, 0.1) is 0 Å². The van der Waals surface area contributed by atoms with Gasteiger partial charge in [0, 0.05) is 12.6 Å². The molecule has 160 valence electrons. The van der Waals surface area contributed by atoms with E-state index in [2.05, 4.69) is 20.5 Å². The topological polar surface area (TPSA) is 128 Å². The second-order valence-electron chi connectivity index (χ2n) is 6.98. The predicted octanol–water partition coefficient (Wildman–Crippen LogP) is 1.10. The van der Waals surface area contributed by atoms with E-state index >= 15 is 0 Å². The number of hydrogen-bond donors (Lipinski definition) is 2. The van der Waals surface area contributed by atoms with Gasteiger partial charge in [0.15, 0.2) is 5.65 Å². The molecule has 1 aliphatic rings. The van der Waals surface area contributed by atoms with E-state index < -0.39 is 12.0 Å². The summed E-state index contributed by atoms with van der Waals surface area (Å²) >= 11 is 5.94. The van der Waals surface area contributed by atoms with Crippen LogP contribution in [-0.2, 0) is 27.3 Å². The highest BCUT2D eigenvalue weighted by molar-refractivity contribution is 6.28. The highest BCUT2D eigenvalue weighted by Gasteiger charge is 2.28. The van der Waals surface area contributed by atoms with Gasteiger partial charge in [0.05, 0.1) is 25.2 Å². The molecule has 3 aromatic rings. The second kappa shape index (κ2) is 8.70. The van der Waals surface area contributed by atoms with E-state index in [4.69, 9.17) is 22.1 Å². The highest BCUT2D eigenvalue weighted by Crippen LogP contribution is 2.20. The van der Waals surface area contributed by atoms with Gasteiger partial charge in [-0.15, -0.1) is 0 Å². The molecule has 3 N–H and O–H groups in total. The third-order valence-corrected chi connectivity index (χ3v) is 5.09. The highest BCUT2D eigenvalue weighted by atomic mass is 35.5. The quantitative estimate of drug-likeness (QED) is 0.430. The van der Waals surface area contributed by atoms with Crippen LogP contribution < -0.4 is 11.2 Å². The number of esters is 1. The third kappa shape index (κ3) is 4.49. The molecule has 1 unspecified atom stereocenters. The van der Waals surface area contributed by atoms with Gasteiger partial charge in [-0.2, -0.15) is 10.1 Å². The van der Waals surface area contributed by atoms with Gasteiger partial charge in [0.2, 0.25) is 5.28 Å². The van der Waals surface area contributed by atoms with Crippen LogP contribution in [0.25, 0.3) is 11.0 Å². The summed E-state index contributed by atoms with van der Waals surface area (Å²) in [5.74, 6) is -0.428. The number of carbonyl (C=O) groups is 2. The van der Waals surface area contributed by atoms with Gasteiger partial charge in [-0.25, -0.2) is 19.5 Å². The molecule has 0 bridgehead atoms. The molecule has 0 fully saturated rings. The Kier molecular flexibility index (Phi) is 5.83. The van der Waals surface area contributed by atoms with Crippen molar-refractivity contribution < 1.29 is 14.3 Å². The van der Waals surface area contributed by atoms with E-state index in [-0.39, 0.29) is 17.0 Å². The number of fused-ring (bicyclic) bond motifs is 1. The number of methoxy groups -OCH3 is 1. The Morgan fingerprint density at radius 1 is 1.32 bits per heavy atom. The Bertz CT molecular complexity index is 1180. The standard InChI is InChI=1S/C20H20ClN7O3/c1-31-19(30)15-5-6-16(29)26-27(15)8-7-12-3-2-4-13(9-12)11-28-18-14(10-23-28)17(22)24-20(21)25-18/h2-6,9-10,15H,7-8,11H2,1H3,(H,26,29)(H2,22,24,25). The maximum atomic E-state index is 12.0. The van der Waals surface area contributed by atoms with Crippen LogP contribution in [0.3, 0.4) is 0 Å². The Balaban J connectivity index is 1.48. The van der Waals surface area contributed by atoms with Crippen molar-refractivity contribution in [3.05, 3.63) is 59.0 Å². The van der Waals surface area contributed by atoms with Crippen molar-refractivity contribution in [3.8, 4) is 0 Å². The summed E-state index contributed by atoms with van der Waals surface area (Å²) in [6.45, 7) is 0.904. The Morgan fingerprint density at radius 2 is 2.13 bits per heavy atom. The smallest absolute Gasteiger partial charge is 0.328 e. The minimum Gasteiger partial charge on any atom is -0.468 e. The van der Waals surface area contributed by atoms with Crippen LogP contribution in [-0.4, -0.2) is 56.3 Å². The molecule has 4 rings (SSSR count). The van der Waals surface area contributed by atoms with Crippen LogP contribution in [0.15, 0.2) is 42.6 Å². The van der Waals surface area contributed by atoms with Gasteiger partial charge < -0.3 is 10.5 Å². The molecule has 31 heavy (non-hydrogen) atoms. The summed E-state index contributed by atoms with van der Waals surface area (Å²) in [5.41, 5.74) is 11.2. The van der Waals surface area contributed by atoms with Crippen LogP contribution >= 0.6 is 11.6 Å². The van der Waals surface area contributed by atoms with Gasteiger partial charge >= 0.3 is 5.97 Å². The number of carbonyl (C=O) groups excluding carboxylic acids is 2. The summed E-state index contributed by atoms with van der Waals surface area (Å²) in [5, 5.41) is 6.63. The summed E-state index contributed by atoms with van der Waals surface area (Å²) < 4.78 is 6.53. The number of rotatable bonds is 6. The van der Waals surface area contributed by atoms with E-state index in [0.29, 0.717) is 30.5 Å². The molecular formula is C20H20ClN7O3. The monoisotopic (exact) mass is 441 g/mol. The minimum absolute atomic E-state index is 0.0679. The first-order valence-electron chi connectivity index (χ1n) is 9.50. The Hall–Kier alpha value is -3.50. The van der Waals surface area contributed by atoms with Crippen molar-refractivity contribution in [3.63, 3.8) is 0 Å². The van der Waals surface area contributed by atoms with Crippen molar-refractivity contribution in [1.82, 2.24) is 30.2 Å². The molecule has 1 atom stereocenters. The number of hydrazine groups is 1. The third-order valence-electron chi connectivity index (χ3n) is 4.93. The second-order valence-corrected chi connectivity index (χ2v) is 7.32. The minimum atomic E-state index is -0.656. The first-order chi connectivity index (χ1) is 14.9. The maximum Gasteiger partial charge on any atom is 0.328 e. The zero-order valence-electron chi connectivity index (χ0n) is 16.7. The zero-order valence-corrected chi connectivity index (χ0v) is 17.4. The molecule has 1 amide bonds. The predicted molar refractivity (Wildman–Crippen MR) is 114 cm³/mol. The molecule has 0 spiro atoms. The van der Waals surface area contributed by atoms with Gasteiger partial charge in [0.1, 0.15) is 11.9 Å². The molecular weight excluding hydrogens is 422 g/mol. The number of hydrogen-bond acceptors (Lipinski definition) is 8. The summed E-state index contributed by atoms with van der Waals surface area (Å²) in [6.07, 6.45) is 5.08. The summed E-state index contributed by atoms with van der Waals surface area (Å²) in [4.78, 5) is 31.8. The molecule has 0 radical (unpaired) electrons. The van der Waals surface area contributed by atoms with E-state index in [1.807, 2.05) is 24.3 Å². The zero-order chi connectivity index (χ0) is 22.0. The normalized spacial score (nSPS) is 16.5. The first-order valence-corrected chi connectivity index (χ1v) is 9.88. The first kappa shape index (κ1) is 20.8. The number of halogens is 1. The maximum absolute atomic E-state index is 12.0. The molecule has 2 aromatic heterocycles. The average molecular weight is 442 g/mol. The molecule has 10 nitrogen and oxygen atoms in total. The summed E-state index contributed by atoms with van der Waals surface area (Å²) in [6, 6.07) is 7.28. The fourth-order valence-corrected chi connectivity index (χ4v) is 3.59. The number of anilines is 1. The number of benzene rings is 1. The molecule has 0 aliphatic carbocycles. The Morgan fingerprint density at radius 3 is 2.94 bits per heavy atom. The van der Waals surface area contributed by atoms with Gasteiger partial charge in [-0.1, -0.05) is 24.3 Å². The lowest BCUT2D eigenvalue weighted by Crippen LogP contribution is -2.54. The number of aromatic nitrogens is 4. The molecule has 1 aliphatic heterocycles. The molecule has 11 heteroatoms. The van der Waals surface area contributed by atoms with Crippen LogP contribution in [0.2, 0.25) is 5.28 Å². The number of nitrogens with one attached hydrogen (secondary N) is 1. The van der Waals surface area contributed by atoms with Crippen molar-refractivity contribution in [2.75, 3.05) is 19.4 Å². The molecule has 0 saturated heterocycles. The largest absolute Gasteiger partial charge is 0.468 e. The van der Waals surface area contributed by atoms with E-state index in [1.54, 1.807) is 15.9 Å². The Labute approximate surface area is 182 Å². The van der Waals surface area contributed by atoms with Gasteiger partial charge in [0.25, 0.3) is 5.91 Å².